The van der Waals surface area contributed by atoms with E-state index in [1.165, 1.54) is 5.06 Å². The van der Waals surface area contributed by atoms with Crippen molar-refractivity contribution in [2.45, 2.75) is 39.5 Å². The third-order valence-electron chi connectivity index (χ3n) is 7.11. The van der Waals surface area contributed by atoms with Gasteiger partial charge in [0.15, 0.2) is 0 Å². The van der Waals surface area contributed by atoms with E-state index < -0.39 is 0 Å². The van der Waals surface area contributed by atoms with E-state index in [2.05, 4.69) is 25.5 Å². The van der Waals surface area contributed by atoms with Crippen molar-refractivity contribution in [2.24, 2.45) is 22.4 Å². The summed E-state index contributed by atoms with van der Waals surface area (Å²) in [6.07, 6.45) is 5.80. The Morgan fingerprint density at radius 2 is 1.93 bits per heavy atom. The van der Waals surface area contributed by atoms with Crippen LogP contribution >= 0.6 is 0 Å². The number of carbonyl (C=O) groups excluding carboxylic acids is 3. The van der Waals surface area contributed by atoms with Gasteiger partial charge in [0.05, 0.1) is 24.2 Å². The smallest absolute Gasteiger partial charge is 0.273 e. The molecule has 0 bridgehead atoms. The maximum absolute atomic E-state index is 13.1. The number of nitrogens with one attached hydrogen (secondary N) is 2. The molecule has 2 aliphatic rings. The number of hydroxylamine groups is 2. The Morgan fingerprint density at radius 3 is 2.60 bits per heavy atom. The van der Waals surface area contributed by atoms with Gasteiger partial charge < -0.3 is 27.0 Å². The Morgan fingerprint density at radius 1 is 1.14 bits per heavy atom. The first kappa shape index (κ1) is 30.7. The third kappa shape index (κ3) is 7.71. The molecule has 2 aliphatic heterocycles. The standard InChI is InChI=1S/C30H40N8O4/c1-3-13-38(42-4-2)30(41)23-16-21-5-6-22(17-25(21)36-26(32)18-23)29(40)35-24-7-8-27(34-19-24)37-14-9-20(10-15-37)28(39)33-12-11-31/h5-8,16-17,19-20H,3-4,9-15,18,31H2,1-2H3,(H2,32,36)(H,33,39)(H,35,40). The molecule has 0 atom stereocenters. The van der Waals surface area contributed by atoms with Crippen molar-refractivity contribution in [3.05, 3.63) is 53.2 Å². The molecule has 1 aromatic heterocycles. The summed E-state index contributed by atoms with van der Waals surface area (Å²) in [6, 6.07) is 8.77. The number of hydrogen-bond donors (Lipinski definition) is 4. The molecule has 12 heteroatoms. The number of benzene rings is 1. The Bertz CT molecular complexity index is 1330. The highest BCUT2D eigenvalue weighted by molar-refractivity contribution is 6.07. The molecule has 0 saturated carbocycles. The number of amidine groups is 1. The van der Waals surface area contributed by atoms with E-state index in [1.807, 2.05) is 19.9 Å². The summed E-state index contributed by atoms with van der Waals surface area (Å²) in [5.41, 5.74) is 14.2. The molecule has 12 nitrogen and oxygen atoms in total. The van der Waals surface area contributed by atoms with Crippen LogP contribution in [-0.2, 0) is 14.4 Å². The number of amides is 3. The lowest BCUT2D eigenvalue weighted by Gasteiger charge is -2.32. The van der Waals surface area contributed by atoms with Crippen molar-refractivity contribution < 1.29 is 19.2 Å². The van der Waals surface area contributed by atoms with Crippen molar-refractivity contribution in [1.82, 2.24) is 15.4 Å². The van der Waals surface area contributed by atoms with Crippen molar-refractivity contribution in [3.63, 3.8) is 0 Å². The molecular weight excluding hydrogens is 536 g/mol. The Labute approximate surface area is 246 Å². The van der Waals surface area contributed by atoms with Crippen LogP contribution in [-0.4, -0.2) is 72.9 Å². The SMILES string of the molecule is CCCN(OCC)C(=O)C1=Cc2ccc(C(=O)Nc3ccc(N4CCC(C(=O)NCCN)CC4)nc3)cc2N=C(N)C1. The predicted molar refractivity (Wildman–Crippen MR) is 163 cm³/mol. The highest BCUT2D eigenvalue weighted by Gasteiger charge is 2.26. The van der Waals surface area contributed by atoms with Crippen LogP contribution in [0, 0.1) is 5.92 Å². The summed E-state index contributed by atoms with van der Waals surface area (Å²) in [5, 5.41) is 7.10. The molecule has 224 valence electrons. The molecule has 3 heterocycles. The Hall–Kier alpha value is -4.29. The lowest BCUT2D eigenvalue weighted by molar-refractivity contribution is -0.180. The third-order valence-corrected chi connectivity index (χ3v) is 7.11. The summed E-state index contributed by atoms with van der Waals surface area (Å²) in [4.78, 5) is 55.0. The van der Waals surface area contributed by atoms with Gasteiger partial charge in [0.2, 0.25) is 5.91 Å². The minimum Gasteiger partial charge on any atom is -0.387 e. The van der Waals surface area contributed by atoms with Crippen molar-refractivity contribution in [2.75, 3.05) is 49.5 Å². The van der Waals surface area contributed by atoms with Crippen molar-refractivity contribution >= 4 is 46.8 Å². The number of piperidine rings is 1. The van der Waals surface area contributed by atoms with E-state index in [4.69, 9.17) is 16.3 Å². The van der Waals surface area contributed by atoms with E-state index >= 15 is 0 Å². The van der Waals surface area contributed by atoms with Crippen LogP contribution in [0.3, 0.4) is 0 Å². The van der Waals surface area contributed by atoms with Crippen LogP contribution in [0.4, 0.5) is 17.2 Å². The highest BCUT2D eigenvalue weighted by atomic mass is 16.7. The average molecular weight is 577 g/mol. The van der Waals surface area contributed by atoms with Gasteiger partial charge in [-0.3, -0.25) is 19.2 Å². The van der Waals surface area contributed by atoms with Gasteiger partial charge in [-0.25, -0.2) is 15.0 Å². The van der Waals surface area contributed by atoms with E-state index in [9.17, 15) is 14.4 Å². The fourth-order valence-electron chi connectivity index (χ4n) is 4.97. The minimum atomic E-state index is -0.319. The van der Waals surface area contributed by atoms with Gasteiger partial charge in [0.1, 0.15) is 11.7 Å². The van der Waals surface area contributed by atoms with E-state index in [1.54, 1.807) is 36.5 Å². The maximum Gasteiger partial charge on any atom is 0.273 e. The number of fused-ring (bicyclic) bond motifs is 1. The quantitative estimate of drug-likeness (QED) is 0.296. The van der Waals surface area contributed by atoms with Crippen LogP contribution < -0.4 is 27.0 Å². The molecule has 0 aliphatic carbocycles. The first-order valence-electron chi connectivity index (χ1n) is 14.5. The van der Waals surface area contributed by atoms with Crippen LogP contribution in [0.2, 0.25) is 0 Å². The van der Waals surface area contributed by atoms with Gasteiger partial charge in [0.25, 0.3) is 11.8 Å². The van der Waals surface area contributed by atoms with E-state index in [-0.39, 0.29) is 35.9 Å². The second-order valence-electron chi connectivity index (χ2n) is 10.2. The lowest BCUT2D eigenvalue weighted by Crippen LogP contribution is -2.42. The number of carbonyl (C=O) groups is 3. The average Bonchev–Trinajstić information content (AvgIpc) is 3.17. The molecule has 2 aromatic rings. The summed E-state index contributed by atoms with van der Waals surface area (Å²) in [7, 11) is 0. The monoisotopic (exact) mass is 576 g/mol. The number of pyridine rings is 1. The molecule has 0 radical (unpaired) electrons. The predicted octanol–water partition coefficient (Wildman–Crippen LogP) is 2.59. The first-order valence-corrected chi connectivity index (χ1v) is 14.5. The van der Waals surface area contributed by atoms with Crippen LogP contribution in [0.15, 0.2) is 47.1 Å². The molecule has 6 N–H and O–H groups in total. The number of anilines is 2. The molecule has 3 amide bonds. The Kier molecular flexibility index (Phi) is 10.6. The molecule has 0 unspecified atom stereocenters. The largest absolute Gasteiger partial charge is 0.387 e. The molecule has 0 spiro atoms. The summed E-state index contributed by atoms with van der Waals surface area (Å²) in [6.45, 7) is 7.02. The van der Waals surface area contributed by atoms with Gasteiger partial charge in [-0.15, -0.1) is 0 Å². The lowest BCUT2D eigenvalue weighted by atomic mass is 9.96. The number of aliphatic imine (C=N–C) groups is 1. The summed E-state index contributed by atoms with van der Waals surface area (Å²) < 4.78 is 0. The molecule has 42 heavy (non-hydrogen) atoms. The normalized spacial score (nSPS) is 15.2. The molecule has 1 fully saturated rings. The topological polar surface area (TPSA) is 168 Å². The number of aromatic nitrogens is 1. The van der Waals surface area contributed by atoms with E-state index in [0.717, 1.165) is 38.2 Å². The van der Waals surface area contributed by atoms with Crippen molar-refractivity contribution in [1.29, 1.82) is 0 Å². The second kappa shape index (κ2) is 14.6. The number of hydrogen-bond acceptors (Lipinski definition) is 9. The van der Waals surface area contributed by atoms with Gasteiger partial charge >= 0.3 is 0 Å². The molecule has 1 saturated heterocycles. The van der Waals surface area contributed by atoms with Crippen LogP contribution in [0.1, 0.15) is 55.5 Å². The van der Waals surface area contributed by atoms with Gasteiger partial charge in [0, 0.05) is 61.8 Å². The zero-order valence-electron chi connectivity index (χ0n) is 24.3. The number of nitrogens with zero attached hydrogens (tertiary/aromatic N) is 4. The van der Waals surface area contributed by atoms with E-state index in [0.29, 0.717) is 54.3 Å². The molecule has 1 aromatic carbocycles. The molecule has 4 rings (SSSR count). The maximum atomic E-state index is 13.1. The zero-order valence-corrected chi connectivity index (χ0v) is 24.3. The number of rotatable bonds is 11. The minimum absolute atomic E-state index is 0.0136. The van der Waals surface area contributed by atoms with Crippen LogP contribution in [0.5, 0.6) is 0 Å². The highest BCUT2D eigenvalue weighted by Crippen LogP contribution is 2.29. The fraction of sp³-hybridized carbons (Fsp3) is 0.433. The summed E-state index contributed by atoms with van der Waals surface area (Å²) in [5.74, 6) is 0.546. The van der Waals surface area contributed by atoms with Crippen molar-refractivity contribution in [3.8, 4) is 0 Å². The zero-order chi connectivity index (χ0) is 30.1. The van der Waals surface area contributed by atoms with Gasteiger partial charge in [-0.2, -0.15) is 0 Å². The molecular formula is C30H40N8O4. The first-order chi connectivity index (χ1) is 20.3. The Balaban J connectivity index is 1.40. The number of nitrogens with two attached hydrogens (primary N) is 2. The fourth-order valence-corrected chi connectivity index (χ4v) is 4.97. The van der Waals surface area contributed by atoms with Crippen LogP contribution in [0.25, 0.3) is 6.08 Å². The summed E-state index contributed by atoms with van der Waals surface area (Å²) >= 11 is 0. The van der Waals surface area contributed by atoms with Gasteiger partial charge in [-0.1, -0.05) is 13.0 Å². The second-order valence-corrected chi connectivity index (χ2v) is 10.2. The van der Waals surface area contributed by atoms with Gasteiger partial charge in [-0.05, 0) is 56.5 Å².